The molecule has 16 heavy (non-hydrogen) atoms. The first kappa shape index (κ1) is 12.8. The van der Waals surface area contributed by atoms with Crippen molar-refractivity contribution >= 4 is 10.0 Å². The summed E-state index contributed by atoms with van der Waals surface area (Å²) in [5.74, 6) is 0. The van der Waals surface area contributed by atoms with E-state index in [1.807, 2.05) is 6.92 Å². The molecule has 0 aliphatic rings. The SMILES string of the molecule is C=C(C)N(CC)S(=O)(=O)c1ccc(C)cc1. The molecule has 0 fully saturated rings. The lowest BCUT2D eigenvalue weighted by molar-refractivity contribution is 0.492. The van der Waals surface area contributed by atoms with E-state index in [0.29, 0.717) is 17.1 Å². The fourth-order valence-electron chi connectivity index (χ4n) is 1.48. The second-order valence-electron chi connectivity index (χ2n) is 3.72. The van der Waals surface area contributed by atoms with Crippen LogP contribution in [0.5, 0.6) is 0 Å². The number of hydrogen-bond acceptors (Lipinski definition) is 2. The Hall–Kier alpha value is -1.29. The zero-order valence-electron chi connectivity index (χ0n) is 9.90. The van der Waals surface area contributed by atoms with Crippen LogP contribution < -0.4 is 0 Å². The normalized spacial score (nSPS) is 11.2. The highest BCUT2D eigenvalue weighted by atomic mass is 32.2. The van der Waals surface area contributed by atoms with Gasteiger partial charge in [0.1, 0.15) is 0 Å². The van der Waals surface area contributed by atoms with E-state index >= 15 is 0 Å². The highest BCUT2D eigenvalue weighted by Crippen LogP contribution is 2.19. The second-order valence-corrected chi connectivity index (χ2v) is 5.58. The van der Waals surface area contributed by atoms with Crippen LogP contribution >= 0.6 is 0 Å². The summed E-state index contributed by atoms with van der Waals surface area (Å²) in [6.07, 6.45) is 0. The van der Waals surface area contributed by atoms with Gasteiger partial charge >= 0.3 is 0 Å². The predicted molar refractivity (Wildman–Crippen MR) is 65.6 cm³/mol. The molecule has 0 saturated heterocycles. The molecule has 0 N–H and O–H groups in total. The maximum Gasteiger partial charge on any atom is 0.264 e. The summed E-state index contributed by atoms with van der Waals surface area (Å²) in [6.45, 7) is 9.48. The van der Waals surface area contributed by atoms with Gasteiger partial charge in [0.25, 0.3) is 10.0 Å². The first-order chi connectivity index (χ1) is 7.39. The van der Waals surface area contributed by atoms with Crippen molar-refractivity contribution in [3.05, 3.63) is 42.1 Å². The minimum atomic E-state index is -3.43. The highest BCUT2D eigenvalue weighted by Gasteiger charge is 2.21. The average Bonchev–Trinajstić information content (AvgIpc) is 2.18. The van der Waals surface area contributed by atoms with Gasteiger partial charge in [-0.2, -0.15) is 0 Å². The van der Waals surface area contributed by atoms with Crippen LogP contribution in [0.4, 0.5) is 0 Å². The Morgan fingerprint density at radius 2 is 1.81 bits per heavy atom. The van der Waals surface area contributed by atoms with E-state index in [0.717, 1.165) is 5.56 Å². The average molecular weight is 239 g/mol. The van der Waals surface area contributed by atoms with Crippen LogP contribution in [0.3, 0.4) is 0 Å². The van der Waals surface area contributed by atoms with Gasteiger partial charge in [-0.05, 0) is 32.9 Å². The zero-order valence-corrected chi connectivity index (χ0v) is 10.7. The standard InChI is InChI=1S/C12H17NO2S/c1-5-13(10(2)3)16(14,15)12-8-6-11(4)7-9-12/h6-9H,2,5H2,1,3-4H3. The van der Waals surface area contributed by atoms with E-state index in [1.165, 1.54) is 4.31 Å². The molecule has 0 aliphatic carbocycles. The minimum Gasteiger partial charge on any atom is -0.271 e. The second kappa shape index (κ2) is 4.70. The van der Waals surface area contributed by atoms with Gasteiger partial charge in [-0.25, -0.2) is 8.42 Å². The minimum absolute atomic E-state index is 0.308. The van der Waals surface area contributed by atoms with Gasteiger partial charge in [-0.3, -0.25) is 4.31 Å². The number of nitrogens with zero attached hydrogens (tertiary/aromatic N) is 1. The van der Waals surface area contributed by atoms with Crippen molar-refractivity contribution in [2.24, 2.45) is 0 Å². The van der Waals surface area contributed by atoms with Gasteiger partial charge in [0.15, 0.2) is 0 Å². The van der Waals surface area contributed by atoms with Crippen LogP contribution in [0.1, 0.15) is 19.4 Å². The van der Waals surface area contributed by atoms with Crippen molar-refractivity contribution in [2.45, 2.75) is 25.7 Å². The maximum absolute atomic E-state index is 12.2. The Morgan fingerprint density at radius 1 is 1.31 bits per heavy atom. The molecular weight excluding hydrogens is 222 g/mol. The molecule has 0 aromatic heterocycles. The molecule has 88 valence electrons. The summed E-state index contributed by atoms with van der Waals surface area (Å²) < 4.78 is 25.7. The van der Waals surface area contributed by atoms with Crippen molar-refractivity contribution in [2.75, 3.05) is 6.54 Å². The first-order valence-electron chi connectivity index (χ1n) is 5.14. The van der Waals surface area contributed by atoms with Crippen LogP contribution in [0.25, 0.3) is 0 Å². The molecule has 4 heteroatoms. The van der Waals surface area contributed by atoms with Gasteiger partial charge in [0.05, 0.1) is 4.90 Å². The van der Waals surface area contributed by atoms with Gasteiger partial charge in [0.2, 0.25) is 0 Å². The Kier molecular flexibility index (Phi) is 3.75. The largest absolute Gasteiger partial charge is 0.271 e. The molecular formula is C12H17NO2S. The molecule has 0 aliphatic heterocycles. The zero-order chi connectivity index (χ0) is 12.3. The van der Waals surface area contributed by atoms with E-state index in [-0.39, 0.29) is 0 Å². The van der Waals surface area contributed by atoms with Crippen molar-refractivity contribution in [1.82, 2.24) is 4.31 Å². The maximum atomic E-state index is 12.2. The van der Waals surface area contributed by atoms with E-state index in [2.05, 4.69) is 6.58 Å². The predicted octanol–water partition coefficient (Wildman–Crippen LogP) is 2.54. The monoisotopic (exact) mass is 239 g/mol. The molecule has 3 nitrogen and oxygen atoms in total. The molecule has 0 saturated carbocycles. The van der Waals surface area contributed by atoms with Crippen molar-refractivity contribution in [3.8, 4) is 0 Å². The summed E-state index contributed by atoms with van der Waals surface area (Å²) in [6, 6.07) is 6.82. The molecule has 0 bridgehead atoms. The van der Waals surface area contributed by atoms with Crippen LogP contribution in [0, 0.1) is 6.92 Å². The number of aryl methyl sites for hydroxylation is 1. The number of hydrogen-bond donors (Lipinski definition) is 0. The molecule has 1 aromatic rings. The van der Waals surface area contributed by atoms with Gasteiger partial charge in [-0.1, -0.05) is 24.3 Å². The lowest BCUT2D eigenvalue weighted by atomic mass is 10.2. The van der Waals surface area contributed by atoms with Gasteiger partial charge < -0.3 is 0 Å². The van der Waals surface area contributed by atoms with Crippen LogP contribution in [-0.4, -0.2) is 19.3 Å². The number of rotatable bonds is 4. The molecule has 0 unspecified atom stereocenters. The molecule has 0 heterocycles. The fourth-order valence-corrected chi connectivity index (χ4v) is 2.97. The Labute approximate surface area is 97.5 Å². The summed E-state index contributed by atoms with van der Waals surface area (Å²) in [5, 5.41) is 0. The molecule has 1 aromatic carbocycles. The molecule has 0 spiro atoms. The van der Waals surface area contributed by atoms with E-state index in [1.54, 1.807) is 38.1 Å². The Morgan fingerprint density at radius 3 is 2.19 bits per heavy atom. The summed E-state index contributed by atoms with van der Waals surface area (Å²) in [4.78, 5) is 0.308. The van der Waals surface area contributed by atoms with Gasteiger partial charge in [0, 0.05) is 12.2 Å². The Balaban J connectivity index is 3.20. The highest BCUT2D eigenvalue weighted by molar-refractivity contribution is 7.89. The third-order valence-electron chi connectivity index (χ3n) is 2.32. The summed E-state index contributed by atoms with van der Waals surface area (Å²) >= 11 is 0. The number of benzene rings is 1. The fraction of sp³-hybridized carbons (Fsp3) is 0.333. The van der Waals surface area contributed by atoms with E-state index in [4.69, 9.17) is 0 Å². The smallest absolute Gasteiger partial charge is 0.264 e. The van der Waals surface area contributed by atoms with E-state index in [9.17, 15) is 8.42 Å². The number of sulfonamides is 1. The lowest BCUT2D eigenvalue weighted by Gasteiger charge is -2.22. The van der Waals surface area contributed by atoms with Crippen LogP contribution in [0.2, 0.25) is 0 Å². The lowest BCUT2D eigenvalue weighted by Crippen LogP contribution is -2.28. The third-order valence-corrected chi connectivity index (χ3v) is 4.34. The Bertz CT molecular complexity index is 474. The molecule has 0 atom stereocenters. The van der Waals surface area contributed by atoms with Crippen molar-refractivity contribution in [1.29, 1.82) is 0 Å². The topological polar surface area (TPSA) is 37.4 Å². The quantitative estimate of drug-likeness (QED) is 0.809. The van der Waals surface area contributed by atoms with Gasteiger partial charge in [-0.15, -0.1) is 0 Å². The summed E-state index contributed by atoms with van der Waals surface area (Å²) in [7, 11) is -3.43. The summed E-state index contributed by atoms with van der Waals surface area (Å²) in [5.41, 5.74) is 1.57. The van der Waals surface area contributed by atoms with Crippen molar-refractivity contribution in [3.63, 3.8) is 0 Å². The third kappa shape index (κ3) is 2.44. The molecule has 0 radical (unpaired) electrons. The first-order valence-corrected chi connectivity index (χ1v) is 6.58. The van der Waals surface area contributed by atoms with Crippen LogP contribution in [-0.2, 0) is 10.0 Å². The van der Waals surface area contributed by atoms with Crippen molar-refractivity contribution < 1.29 is 8.42 Å². The molecule has 1 rings (SSSR count). The number of allylic oxidation sites excluding steroid dienone is 1. The van der Waals surface area contributed by atoms with E-state index < -0.39 is 10.0 Å². The van der Waals surface area contributed by atoms with Crippen LogP contribution in [0.15, 0.2) is 41.4 Å². The molecule has 0 amide bonds.